The van der Waals surface area contributed by atoms with E-state index in [1.54, 1.807) is 0 Å². The molecule has 0 aromatic heterocycles. The molecular weight excluding hydrogens is 216 g/mol. The molecular formula is C14H18O3. The Morgan fingerprint density at radius 1 is 1.29 bits per heavy atom. The van der Waals surface area contributed by atoms with Crippen molar-refractivity contribution in [2.45, 2.75) is 38.4 Å². The van der Waals surface area contributed by atoms with Gasteiger partial charge in [-0.05, 0) is 18.4 Å². The van der Waals surface area contributed by atoms with E-state index in [2.05, 4.69) is 0 Å². The van der Waals surface area contributed by atoms with Crippen molar-refractivity contribution in [2.75, 3.05) is 6.61 Å². The zero-order chi connectivity index (χ0) is 11.9. The number of cyclic esters (lactones) is 1. The van der Waals surface area contributed by atoms with Gasteiger partial charge < -0.3 is 9.47 Å². The van der Waals surface area contributed by atoms with Crippen LogP contribution in [0.1, 0.15) is 31.2 Å². The van der Waals surface area contributed by atoms with E-state index in [1.165, 1.54) is 5.56 Å². The molecule has 1 saturated heterocycles. The third-order valence-corrected chi connectivity index (χ3v) is 2.90. The summed E-state index contributed by atoms with van der Waals surface area (Å²) in [4.78, 5) is 11.1. The van der Waals surface area contributed by atoms with E-state index in [0.717, 1.165) is 19.3 Å². The number of esters is 1. The molecule has 0 unspecified atom stereocenters. The predicted molar refractivity (Wildman–Crippen MR) is 64.4 cm³/mol. The van der Waals surface area contributed by atoms with Gasteiger partial charge in [-0.1, -0.05) is 30.3 Å². The second kappa shape index (κ2) is 6.40. The normalized spacial score (nSPS) is 20.0. The van der Waals surface area contributed by atoms with Crippen LogP contribution in [0.25, 0.3) is 0 Å². The molecule has 2 rings (SSSR count). The molecule has 1 atom stereocenters. The summed E-state index contributed by atoms with van der Waals surface area (Å²) in [5, 5.41) is 0. The van der Waals surface area contributed by atoms with Gasteiger partial charge in [-0.2, -0.15) is 0 Å². The first-order valence-corrected chi connectivity index (χ1v) is 6.16. The highest BCUT2D eigenvalue weighted by Crippen LogP contribution is 2.16. The van der Waals surface area contributed by atoms with Crippen LogP contribution in [0.15, 0.2) is 30.3 Å². The van der Waals surface area contributed by atoms with Crippen LogP contribution in [0.3, 0.4) is 0 Å². The lowest BCUT2D eigenvalue weighted by Gasteiger charge is -2.21. The molecule has 0 spiro atoms. The predicted octanol–water partition coefficient (Wildman–Crippen LogP) is 2.69. The van der Waals surface area contributed by atoms with Gasteiger partial charge in [0.2, 0.25) is 0 Å². The molecule has 1 heterocycles. The molecule has 3 nitrogen and oxygen atoms in total. The quantitative estimate of drug-likeness (QED) is 0.580. The van der Waals surface area contributed by atoms with Gasteiger partial charge in [0.15, 0.2) is 0 Å². The fourth-order valence-electron chi connectivity index (χ4n) is 1.96. The molecule has 3 heteroatoms. The SMILES string of the molecule is O=C1CCC[C@@H](CCOCc2ccccc2)O1. The van der Waals surface area contributed by atoms with Crippen molar-refractivity contribution in [3.8, 4) is 0 Å². The lowest BCUT2D eigenvalue weighted by Crippen LogP contribution is -2.24. The van der Waals surface area contributed by atoms with Crippen LogP contribution in [-0.4, -0.2) is 18.7 Å². The van der Waals surface area contributed by atoms with Crippen LogP contribution in [0.5, 0.6) is 0 Å². The lowest BCUT2D eigenvalue weighted by molar-refractivity contribution is -0.154. The Labute approximate surface area is 102 Å². The summed E-state index contributed by atoms with van der Waals surface area (Å²) in [5.41, 5.74) is 1.17. The van der Waals surface area contributed by atoms with Gasteiger partial charge in [-0.3, -0.25) is 4.79 Å². The van der Waals surface area contributed by atoms with Gasteiger partial charge >= 0.3 is 5.97 Å². The molecule has 1 aromatic carbocycles. The maximum Gasteiger partial charge on any atom is 0.306 e. The average molecular weight is 234 g/mol. The summed E-state index contributed by atoms with van der Waals surface area (Å²) in [6, 6.07) is 10.1. The molecule has 92 valence electrons. The van der Waals surface area contributed by atoms with E-state index in [9.17, 15) is 4.79 Å². The molecule has 1 aliphatic rings. The molecule has 0 amide bonds. The second-order valence-corrected chi connectivity index (χ2v) is 4.33. The maximum atomic E-state index is 11.1. The highest BCUT2D eigenvalue weighted by Gasteiger charge is 2.19. The molecule has 0 radical (unpaired) electrons. The van der Waals surface area contributed by atoms with Crippen molar-refractivity contribution < 1.29 is 14.3 Å². The van der Waals surface area contributed by atoms with Gasteiger partial charge in [0.1, 0.15) is 6.10 Å². The van der Waals surface area contributed by atoms with Crippen molar-refractivity contribution in [3.63, 3.8) is 0 Å². The Morgan fingerprint density at radius 3 is 2.88 bits per heavy atom. The van der Waals surface area contributed by atoms with E-state index in [1.807, 2.05) is 30.3 Å². The number of carbonyl (C=O) groups excluding carboxylic acids is 1. The minimum atomic E-state index is -0.0655. The number of hydrogen-bond donors (Lipinski definition) is 0. The molecule has 1 fully saturated rings. The summed E-state index contributed by atoms with van der Waals surface area (Å²) in [7, 11) is 0. The van der Waals surface area contributed by atoms with Gasteiger partial charge in [-0.25, -0.2) is 0 Å². The van der Waals surface area contributed by atoms with E-state index < -0.39 is 0 Å². The zero-order valence-corrected chi connectivity index (χ0v) is 9.93. The first-order chi connectivity index (χ1) is 8.34. The number of benzene rings is 1. The molecule has 0 bridgehead atoms. The third kappa shape index (κ3) is 4.19. The molecule has 17 heavy (non-hydrogen) atoms. The van der Waals surface area contributed by atoms with E-state index >= 15 is 0 Å². The van der Waals surface area contributed by atoms with Crippen molar-refractivity contribution in [1.82, 2.24) is 0 Å². The van der Waals surface area contributed by atoms with Gasteiger partial charge in [0.05, 0.1) is 13.2 Å². The largest absolute Gasteiger partial charge is 0.462 e. The third-order valence-electron chi connectivity index (χ3n) is 2.90. The van der Waals surface area contributed by atoms with Crippen LogP contribution >= 0.6 is 0 Å². The summed E-state index contributed by atoms with van der Waals surface area (Å²) in [5.74, 6) is -0.0655. The van der Waals surface area contributed by atoms with Crippen molar-refractivity contribution in [1.29, 1.82) is 0 Å². The minimum absolute atomic E-state index is 0.0621. The fourth-order valence-corrected chi connectivity index (χ4v) is 1.96. The molecule has 0 N–H and O–H groups in total. The second-order valence-electron chi connectivity index (χ2n) is 4.33. The summed E-state index contributed by atoms with van der Waals surface area (Å²) < 4.78 is 10.8. The highest BCUT2D eigenvalue weighted by molar-refractivity contribution is 5.70. The number of rotatable bonds is 5. The molecule has 1 aromatic rings. The fraction of sp³-hybridized carbons (Fsp3) is 0.500. The van der Waals surface area contributed by atoms with Crippen molar-refractivity contribution in [3.05, 3.63) is 35.9 Å². The topological polar surface area (TPSA) is 35.5 Å². The summed E-state index contributed by atoms with van der Waals surface area (Å²) in [6.07, 6.45) is 3.36. The highest BCUT2D eigenvalue weighted by atomic mass is 16.5. The van der Waals surface area contributed by atoms with Gasteiger partial charge in [-0.15, -0.1) is 0 Å². The first kappa shape index (κ1) is 12.1. The molecule has 1 aliphatic heterocycles. The number of carbonyl (C=O) groups is 1. The van der Waals surface area contributed by atoms with Crippen LogP contribution in [0.2, 0.25) is 0 Å². The van der Waals surface area contributed by atoms with E-state index in [-0.39, 0.29) is 12.1 Å². The standard InChI is InChI=1S/C14H18O3/c15-14-8-4-7-13(17-14)9-10-16-11-12-5-2-1-3-6-12/h1-3,5-6,13H,4,7-11H2/t13-/m0/s1. The Hall–Kier alpha value is -1.35. The average Bonchev–Trinajstić information content (AvgIpc) is 2.36. The van der Waals surface area contributed by atoms with Crippen LogP contribution in [0.4, 0.5) is 0 Å². The Bertz CT molecular complexity index is 348. The van der Waals surface area contributed by atoms with Crippen molar-refractivity contribution in [2.24, 2.45) is 0 Å². The monoisotopic (exact) mass is 234 g/mol. The van der Waals surface area contributed by atoms with Gasteiger partial charge in [0, 0.05) is 12.8 Å². The summed E-state index contributed by atoms with van der Waals surface area (Å²) in [6.45, 7) is 1.27. The number of hydrogen-bond acceptors (Lipinski definition) is 3. The minimum Gasteiger partial charge on any atom is -0.462 e. The van der Waals surface area contributed by atoms with Crippen LogP contribution in [0, 0.1) is 0 Å². The lowest BCUT2D eigenvalue weighted by atomic mass is 10.1. The van der Waals surface area contributed by atoms with E-state index in [0.29, 0.717) is 19.6 Å². The van der Waals surface area contributed by atoms with Crippen LogP contribution < -0.4 is 0 Å². The van der Waals surface area contributed by atoms with E-state index in [4.69, 9.17) is 9.47 Å². The smallest absolute Gasteiger partial charge is 0.306 e. The molecule has 0 saturated carbocycles. The Balaban J connectivity index is 1.61. The zero-order valence-electron chi connectivity index (χ0n) is 9.93. The van der Waals surface area contributed by atoms with Crippen molar-refractivity contribution >= 4 is 5.97 Å². The number of ether oxygens (including phenoxy) is 2. The maximum absolute atomic E-state index is 11.1. The van der Waals surface area contributed by atoms with Gasteiger partial charge in [0.25, 0.3) is 0 Å². The first-order valence-electron chi connectivity index (χ1n) is 6.16. The molecule has 0 aliphatic carbocycles. The Kier molecular flexibility index (Phi) is 4.56. The van der Waals surface area contributed by atoms with Crippen LogP contribution in [-0.2, 0) is 20.9 Å². The Morgan fingerprint density at radius 2 is 2.12 bits per heavy atom. The summed E-state index contributed by atoms with van der Waals surface area (Å²) >= 11 is 0.